The van der Waals surface area contributed by atoms with Gasteiger partial charge in [0.15, 0.2) is 5.65 Å². The van der Waals surface area contributed by atoms with Crippen molar-refractivity contribution in [1.29, 1.82) is 0 Å². The highest BCUT2D eigenvalue weighted by Gasteiger charge is 2.11. The third-order valence-electron chi connectivity index (χ3n) is 4.41. The molecule has 0 aliphatic heterocycles. The summed E-state index contributed by atoms with van der Waals surface area (Å²) in [7, 11) is 0. The lowest BCUT2D eigenvalue weighted by Crippen LogP contribution is -1.95. The van der Waals surface area contributed by atoms with Gasteiger partial charge in [-0.15, -0.1) is 11.3 Å². The Bertz CT molecular complexity index is 1270. The molecule has 3 aromatic heterocycles. The van der Waals surface area contributed by atoms with Crippen LogP contribution < -0.4 is 0 Å². The maximum Gasteiger partial charge on any atom is 0.164 e. The molecule has 0 fully saturated rings. The molecule has 0 bridgehead atoms. The standard InChI is InChI=1S/C22H14ClN3S/c23-16-9-7-15(8-10-16)20-14-26-21-6-2-1-5-18(21)25-22(26)19(24-20)12-11-17-4-3-13-27-17/h1-14H. The molecule has 2 aromatic carbocycles. The van der Waals surface area contributed by atoms with Gasteiger partial charge in [-0.3, -0.25) is 4.40 Å². The Kier molecular flexibility index (Phi) is 4.00. The van der Waals surface area contributed by atoms with Gasteiger partial charge in [0.1, 0.15) is 5.69 Å². The maximum absolute atomic E-state index is 6.05. The summed E-state index contributed by atoms with van der Waals surface area (Å²) in [4.78, 5) is 10.9. The quantitative estimate of drug-likeness (QED) is 0.357. The lowest BCUT2D eigenvalue weighted by molar-refractivity contribution is 1.14. The third-order valence-corrected chi connectivity index (χ3v) is 5.50. The topological polar surface area (TPSA) is 30.2 Å². The van der Waals surface area contributed by atoms with Crippen LogP contribution in [0.3, 0.4) is 0 Å². The summed E-state index contributed by atoms with van der Waals surface area (Å²) >= 11 is 7.75. The van der Waals surface area contributed by atoms with Gasteiger partial charge < -0.3 is 0 Å². The van der Waals surface area contributed by atoms with Gasteiger partial charge in [0.2, 0.25) is 0 Å². The van der Waals surface area contributed by atoms with Crippen molar-refractivity contribution in [2.75, 3.05) is 0 Å². The van der Waals surface area contributed by atoms with E-state index in [0.29, 0.717) is 5.02 Å². The van der Waals surface area contributed by atoms with Crippen LogP contribution in [0, 0.1) is 0 Å². The Morgan fingerprint density at radius 2 is 1.74 bits per heavy atom. The zero-order valence-corrected chi connectivity index (χ0v) is 15.8. The Hall–Kier alpha value is -2.95. The third kappa shape index (κ3) is 3.03. The van der Waals surface area contributed by atoms with E-state index in [4.69, 9.17) is 21.6 Å². The number of hydrogen-bond acceptors (Lipinski definition) is 3. The zero-order valence-electron chi connectivity index (χ0n) is 14.2. The summed E-state index contributed by atoms with van der Waals surface area (Å²) in [6.45, 7) is 0. The Labute approximate surface area is 165 Å². The van der Waals surface area contributed by atoms with Crippen molar-refractivity contribution in [3.8, 4) is 11.3 Å². The van der Waals surface area contributed by atoms with E-state index in [2.05, 4.69) is 28.0 Å². The van der Waals surface area contributed by atoms with E-state index in [1.165, 1.54) is 4.88 Å². The number of thiophene rings is 1. The zero-order chi connectivity index (χ0) is 18.2. The summed E-state index contributed by atoms with van der Waals surface area (Å²) in [5.74, 6) is 0. The predicted molar refractivity (Wildman–Crippen MR) is 114 cm³/mol. The van der Waals surface area contributed by atoms with Crippen molar-refractivity contribution >= 4 is 51.8 Å². The lowest BCUT2D eigenvalue weighted by Gasteiger charge is -2.06. The van der Waals surface area contributed by atoms with Gasteiger partial charge in [0.25, 0.3) is 0 Å². The Balaban J connectivity index is 1.76. The summed E-state index contributed by atoms with van der Waals surface area (Å²) < 4.78 is 2.11. The van der Waals surface area contributed by atoms with Crippen molar-refractivity contribution in [3.63, 3.8) is 0 Å². The second-order valence-electron chi connectivity index (χ2n) is 6.16. The first-order valence-corrected chi connectivity index (χ1v) is 9.79. The van der Waals surface area contributed by atoms with Crippen LogP contribution in [0.25, 0.3) is 40.1 Å². The van der Waals surface area contributed by atoms with Gasteiger partial charge in [0, 0.05) is 21.7 Å². The van der Waals surface area contributed by atoms with Crippen molar-refractivity contribution in [3.05, 3.63) is 87.8 Å². The summed E-state index contributed by atoms with van der Waals surface area (Å²) in [6, 6.07) is 20.0. The van der Waals surface area contributed by atoms with E-state index in [9.17, 15) is 0 Å². The fourth-order valence-corrected chi connectivity index (χ4v) is 3.85. The molecule has 0 aliphatic carbocycles. The molecule has 0 saturated heterocycles. The van der Waals surface area contributed by atoms with Crippen LogP contribution in [0.5, 0.6) is 0 Å². The van der Waals surface area contributed by atoms with Crippen LogP contribution in [-0.2, 0) is 0 Å². The minimum Gasteiger partial charge on any atom is -0.296 e. The number of imidazole rings is 1. The molecule has 0 N–H and O–H groups in total. The van der Waals surface area contributed by atoms with E-state index in [1.54, 1.807) is 11.3 Å². The molecular weight excluding hydrogens is 374 g/mol. The molecule has 0 saturated carbocycles. The van der Waals surface area contributed by atoms with E-state index in [-0.39, 0.29) is 0 Å². The predicted octanol–water partition coefficient (Wildman–Crippen LogP) is 6.43. The van der Waals surface area contributed by atoms with Gasteiger partial charge in [-0.1, -0.05) is 41.9 Å². The molecule has 0 unspecified atom stereocenters. The highest BCUT2D eigenvalue weighted by molar-refractivity contribution is 7.10. The second-order valence-corrected chi connectivity index (χ2v) is 7.58. The first-order chi connectivity index (χ1) is 13.3. The molecule has 5 heteroatoms. The number of hydrogen-bond donors (Lipinski definition) is 0. The Morgan fingerprint density at radius 3 is 2.56 bits per heavy atom. The highest BCUT2D eigenvalue weighted by Crippen LogP contribution is 2.26. The molecule has 5 rings (SSSR count). The van der Waals surface area contributed by atoms with Gasteiger partial charge in [-0.2, -0.15) is 0 Å². The number of fused-ring (bicyclic) bond motifs is 3. The van der Waals surface area contributed by atoms with Crippen LogP contribution >= 0.6 is 22.9 Å². The molecule has 130 valence electrons. The molecule has 3 heterocycles. The number of para-hydroxylation sites is 2. The maximum atomic E-state index is 6.05. The van der Waals surface area contributed by atoms with Gasteiger partial charge in [0.05, 0.1) is 16.7 Å². The molecule has 5 aromatic rings. The van der Waals surface area contributed by atoms with E-state index in [1.807, 2.05) is 60.8 Å². The SMILES string of the molecule is Clc1ccc(-c2cn3c(nc4ccccc43)c(C=Cc3cccs3)n2)cc1. The first kappa shape index (κ1) is 16.2. The van der Waals surface area contributed by atoms with E-state index >= 15 is 0 Å². The molecule has 0 aliphatic rings. The smallest absolute Gasteiger partial charge is 0.164 e. The normalized spacial score (nSPS) is 11.7. The van der Waals surface area contributed by atoms with Crippen LogP contribution in [-0.4, -0.2) is 14.4 Å². The van der Waals surface area contributed by atoms with Crippen LogP contribution in [0.15, 0.2) is 72.2 Å². The minimum atomic E-state index is 0.714. The molecule has 0 atom stereocenters. The summed E-state index contributed by atoms with van der Waals surface area (Å²) in [5.41, 5.74) is 5.61. The minimum absolute atomic E-state index is 0.714. The summed E-state index contributed by atoms with van der Waals surface area (Å²) in [5, 5.41) is 2.78. The van der Waals surface area contributed by atoms with E-state index in [0.717, 1.165) is 33.6 Å². The van der Waals surface area contributed by atoms with Crippen LogP contribution in [0.2, 0.25) is 5.02 Å². The number of rotatable bonds is 3. The monoisotopic (exact) mass is 387 g/mol. The van der Waals surface area contributed by atoms with Crippen LogP contribution in [0.1, 0.15) is 10.6 Å². The highest BCUT2D eigenvalue weighted by atomic mass is 35.5. The molecule has 27 heavy (non-hydrogen) atoms. The van der Waals surface area contributed by atoms with Gasteiger partial charge in [-0.05, 0) is 47.9 Å². The van der Waals surface area contributed by atoms with Crippen molar-refractivity contribution in [1.82, 2.24) is 14.4 Å². The number of nitrogens with zero attached hydrogens (tertiary/aromatic N) is 3. The van der Waals surface area contributed by atoms with Crippen LogP contribution in [0.4, 0.5) is 0 Å². The first-order valence-electron chi connectivity index (χ1n) is 8.53. The lowest BCUT2D eigenvalue weighted by atomic mass is 10.1. The van der Waals surface area contributed by atoms with Crippen molar-refractivity contribution in [2.24, 2.45) is 0 Å². The average molecular weight is 388 g/mol. The molecule has 0 radical (unpaired) electrons. The molecule has 3 nitrogen and oxygen atoms in total. The fraction of sp³-hybridized carbons (Fsp3) is 0. The van der Waals surface area contributed by atoms with Gasteiger partial charge >= 0.3 is 0 Å². The number of halogens is 1. The average Bonchev–Trinajstić information content (AvgIpc) is 3.34. The van der Waals surface area contributed by atoms with Gasteiger partial charge in [-0.25, -0.2) is 9.97 Å². The molecule has 0 spiro atoms. The molecule has 0 amide bonds. The number of aromatic nitrogens is 3. The Morgan fingerprint density at radius 1 is 0.889 bits per heavy atom. The van der Waals surface area contributed by atoms with E-state index < -0.39 is 0 Å². The van der Waals surface area contributed by atoms with Crippen molar-refractivity contribution in [2.45, 2.75) is 0 Å². The largest absolute Gasteiger partial charge is 0.296 e. The second kappa shape index (κ2) is 6.65. The molecular formula is C22H14ClN3S. The summed E-state index contributed by atoms with van der Waals surface area (Å²) in [6.07, 6.45) is 6.15. The fourth-order valence-electron chi connectivity index (χ4n) is 3.11. The number of benzene rings is 2. The van der Waals surface area contributed by atoms with Crippen molar-refractivity contribution < 1.29 is 0 Å².